The molecule has 0 saturated carbocycles. The molecular formula is C23H20N6O3. The Hall–Kier alpha value is -4.53. The fourth-order valence-corrected chi connectivity index (χ4v) is 3.30. The molecule has 32 heavy (non-hydrogen) atoms. The van der Waals surface area contributed by atoms with E-state index in [9.17, 15) is 9.59 Å². The van der Waals surface area contributed by atoms with Crippen LogP contribution in [0, 0.1) is 0 Å². The molecule has 0 fully saturated rings. The average molecular weight is 428 g/mol. The molecule has 0 saturated heterocycles. The molecule has 9 heteroatoms. The number of carbonyl (C=O) groups excluding carboxylic acids is 1. The van der Waals surface area contributed by atoms with Gasteiger partial charge in [-0.05, 0) is 48.4 Å². The second kappa shape index (κ2) is 9.09. The molecule has 2 heterocycles. The Morgan fingerprint density at radius 3 is 2.62 bits per heavy atom. The summed E-state index contributed by atoms with van der Waals surface area (Å²) in [5.41, 5.74) is 8.74. The number of carboxylic acid groups (broad SMARTS) is 1. The summed E-state index contributed by atoms with van der Waals surface area (Å²) in [7, 11) is 0. The van der Waals surface area contributed by atoms with Crippen molar-refractivity contribution in [2.45, 2.75) is 6.42 Å². The lowest BCUT2D eigenvalue weighted by molar-refractivity contribution is 0.100. The molecule has 0 aliphatic carbocycles. The van der Waals surface area contributed by atoms with Gasteiger partial charge in [0.15, 0.2) is 5.82 Å². The highest BCUT2D eigenvalue weighted by molar-refractivity contribution is 6.01. The van der Waals surface area contributed by atoms with Gasteiger partial charge >= 0.3 is 6.09 Å². The van der Waals surface area contributed by atoms with Crippen LogP contribution in [-0.4, -0.2) is 38.6 Å². The maximum absolute atomic E-state index is 11.9. The van der Waals surface area contributed by atoms with Crippen molar-refractivity contribution >= 4 is 34.4 Å². The Morgan fingerprint density at radius 1 is 1.03 bits per heavy atom. The predicted octanol–water partition coefficient (Wildman–Crippen LogP) is 3.34. The smallest absolute Gasteiger partial charge is 0.404 e. The number of benzene rings is 2. The fourth-order valence-electron chi connectivity index (χ4n) is 3.30. The van der Waals surface area contributed by atoms with Crippen molar-refractivity contribution in [1.29, 1.82) is 0 Å². The lowest BCUT2D eigenvalue weighted by Gasteiger charge is -2.14. The van der Waals surface area contributed by atoms with Gasteiger partial charge < -0.3 is 21.5 Å². The summed E-state index contributed by atoms with van der Waals surface area (Å²) < 4.78 is 0. The number of para-hydroxylation sites is 1. The van der Waals surface area contributed by atoms with Gasteiger partial charge in [0.2, 0.25) is 0 Å². The summed E-state index contributed by atoms with van der Waals surface area (Å²) >= 11 is 0. The molecule has 2 aromatic heterocycles. The van der Waals surface area contributed by atoms with Crippen molar-refractivity contribution in [2.24, 2.45) is 5.73 Å². The Morgan fingerprint density at radius 2 is 1.88 bits per heavy atom. The van der Waals surface area contributed by atoms with E-state index in [1.807, 2.05) is 24.3 Å². The molecule has 0 unspecified atom stereocenters. The third-order valence-corrected chi connectivity index (χ3v) is 4.82. The largest absolute Gasteiger partial charge is 0.465 e. The van der Waals surface area contributed by atoms with E-state index in [-0.39, 0.29) is 6.54 Å². The first kappa shape index (κ1) is 20.7. The number of rotatable bonds is 7. The number of pyridine rings is 1. The van der Waals surface area contributed by atoms with Gasteiger partial charge in [0.25, 0.3) is 5.91 Å². The van der Waals surface area contributed by atoms with Crippen molar-refractivity contribution < 1.29 is 14.7 Å². The van der Waals surface area contributed by atoms with E-state index < -0.39 is 12.0 Å². The lowest BCUT2D eigenvalue weighted by atomic mass is 10.1. The average Bonchev–Trinajstić information content (AvgIpc) is 2.79. The summed E-state index contributed by atoms with van der Waals surface area (Å²) in [6.07, 6.45) is 2.78. The van der Waals surface area contributed by atoms with Gasteiger partial charge in [0.1, 0.15) is 5.82 Å². The Kier molecular flexibility index (Phi) is 5.89. The maximum Gasteiger partial charge on any atom is 0.404 e. The van der Waals surface area contributed by atoms with Crippen LogP contribution in [0.5, 0.6) is 0 Å². The van der Waals surface area contributed by atoms with E-state index in [0.717, 1.165) is 16.5 Å². The van der Waals surface area contributed by atoms with E-state index >= 15 is 0 Å². The molecule has 4 aromatic rings. The highest BCUT2D eigenvalue weighted by atomic mass is 16.4. The van der Waals surface area contributed by atoms with Crippen LogP contribution < -0.4 is 16.4 Å². The highest BCUT2D eigenvalue weighted by Gasteiger charge is 2.14. The van der Waals surface area contributed by atoms with Crippen LogP contribution in [0.3, 0.4) is 0 Å². The van der Waals surface area contributed by atoms with E-state index in [2.05, 4.69) is 20.6 Å². The molecular weight excluding hydrogens is 408 g/mol. The van der Waals surface area contributed by atoms with E-state index in [1.54, 1.807) is 42.7 Å². The maximum atomic E-state index is 11.9. The van der Waals surface area contributed by atoms with E-state index in [0.29, 0.717) is 34.8 Å². The number of primary amides is 1. The molecule has 0 radical (unpaired) electrons. The van der Waals surface area contributed by atoms with Crippen LogP contribution in [0.2, 0.25) is 0 Å². The Bertz CT molecular complexity index is 1290. The van der Waals surface area contributed by atoms with Gasteiger partial charge in [-0.1, -0.05) is 18.2 Å². The molecule has 4 rings (SSSR count). The van der Waals surface area contributed by atoms with Crippen molar-refractivity contribution in [3.05, 3.63) is 78.1 Å². The van der Waals surface area contributed by atoms with Gasteiger partial charge in [-0.25, -0.2) is 14.8 Å². The number of nitrogens with two attached hydrogens (primary N) is 1. The van der Waals surface area contributed by atoms with Crippen LogP contribution in [0.25, 0.3) is 22.3 Å². The molecule has 0 atom stereocenters. The molecule has 0 bridgehead atoms. The molecule has 160 valence electrons. The van der Waals surface area contributed by atoms with E-state index in [4.69, 9.17) is 15.8 Å². The van der Waals surface area contributed by atoms with Crippen molar-refractivity contribution in [3.8, 4) is 11.4 Å². The van der Waals surface area contributed by atoms with Crippen LogP contribution in [-0.2, 0) is 6.42 Å². The number of amides is 2. The summed E-state index contributed by atoms with van der Waals surface area (Å²) in [6.45, 7) is 0.280. The Labute approximate surface area is 183 Å². The standard InChI is InChI=1S/C23H20N6O3/c24-20(30)16-5-1-2-6-18(16)28-22-17-12-14(9-11-26-23(31)32)7-8-19(17)27-21(29-22)15-4-3-10-25-13-15/h1-8,10,12-13,26H,9,11H2,(H2,24,30)(H,31,32)(H,27,28,29). The second-order valence-electron chi connectivity index (χ2n) is 7.01. The first-order valence-corrected chi connectivity index (χ1v) is 9.85. The fraction of sp³-hybridized carbons (Fsp3) is 0.0870. The van der Waals surface area contributed by atoms with Crippen molar-refractivity contribution in [1.82, 2.24) is 20.3 Å². The number of nitrogens with zero attached hydrogens (tertiary/aromatic N) is 3. The van der Waals surface area contributed by atoms with E-state index in [1.165, 1.54) is 0 Å². The van der Waals surface area contributed by atoms with Crippen LogP contribution in [0.15, 0.2) is 67.0 Å². The first-order valence-electron chi connectivity index (χ1n) is 9.85. The van der Waals surface area contributed by atoms with Crippen molar-refractivity contribution in [3.63, 3.8) is 0 Å². The molecule has 2 amide bonds. The van der Waals surface area contributed by atoms with Crippen LogP contribution in [0.4, 0.5) is 16.3 Å². The number of fused-ring (bicyclic) bond motifs is 1. The minimum absolute atomic E-state index is 0.280. The quantitative estimate of drug-likeness (QED) is 0.353. The monoisotopic (exact) mass is 428 g/mol. The first-order chi connectivity index (χ1) is 15.5. The van der Waals surface area contributed by atoms with Gasteiger partial charge in [0.05, 0.1) is 16.8 Å². The predicted molar refractivity (Wildman–Crippen MR) is 121 cm³/mol. The molecule has 5 N–H and O–H groups in total. The van der Waals surface area contributed by atoms with Crippen molar-refractivity contribution in [2.75, 3.05) is 11.9 Å². The molecule has 2 aromatic carbocycles. The molecule has 0 aliphatic rings. The third-order valence-electron chi connectivity index (χ3n) is 4.82. The number of anilines is 2. The number of hydrogen-bond acceptors (Lipinski definition) is 6. The Balaban J connectivity index is 1.81. The zero-order valence-electron chi connectivity index (χ0n) is 16.9. The zero-order chi connectivity index (χ0) is 22.5. The zero-order valence-corrected chi connectivity index (χ0v) is 16.9. The number of aromatic nitrogens is 3. The highest BCUT2D eigenvalue weighted by Crippen LogP contribution is 2.29. The van der Waals surface area contributed by atoms with Gasteiger partial charge in [0, 0.05) is 29.9 Å². The number of nitrogens with one attached hydrogen (secondary N) is 2. The van der Waals surface area contributed by atoms with Gasteiger partial charge in [-0.3, -0.25) is 9.78 Å². The summed E-state index contributed by atoms with van der Waals surface area (Å²) in [5.74, 6) is 0.417. The summed E-state index contributed by atoms with van der Waals surface area (Å²) in [4.78, 5) is 36.1. The molecule has 9 nitrogen and oxygen atoms in total. The summed E-state index contributed by atoms with van der Waals surface area (Å²) in [5, 5.41) is 15.1. The second-order valence-corrected chi connectivity index (χ2v) is 7.01. The minimum Gasteiger partial charge on any atom is -0.465 e. The number of hydrogen-bond donors (Lipinski definition) is 4. The molecule has 0 spiro atoms. The normalized spacial score (nSPS) is 10.6. The van der Waals surface area contributed by atoms with Gasteiger partial charge in [-0.15, -0.1) is 0 Å². The topological polar surface area (TPSA) is 143 Å². The summed E-state index contributed by atoms with van der Waals surface area (Å²) in [6, 6.07) is 16.2. The third kappa shape index (κ3) is 4.62. The lowest BCUT2D eigenvalue weighted by Crippen LogP contribution is -2.23. The number of carbonyl (C=O) groups is 2. The SMILES string of the molecule is NC(=O)c1ccccc1Nc1nc(-c2cccnc2)nc2ccc(CCNC(=O)O)cc12. The van der Waals surface area contributed by atoms with Crippen LogP contribution >= 0.6 is 0 Å². The van der Waals surface area contributed by atoms with Gasteiger partial charge in [-0.2, -0.15) is 0 Å². The van der Waals surface area contributed by atoms with Crippen LogP contribution in [0.1, 0.15) is 15.9 Å². The minimum atomic E-state index is -1.07. The molecule has 0 aliphatic heterocycles.